The van der Waals surface area contributed by atoms with Crippen molar-refractivity contribution in [3.8, 4) is 0 Å². The maximum Gasteiger partial charge on any atom is 0.132 e. The third kappa shape index (κ3) is 5.65. The predicted octanol–water partition coefficient (Wildman–Crippen LogP) is 1.93. The highest BCUT2D eigenvalue weighted by Gasteiger charge is 1.96. The molecule has 0 unspecified atom stereocenters. The van der Waals surface area contributed by atoms with E-state index in [1.54, 1.807) is 7.11 Å². The highest BCUT2D eigenvalue weighted by Crippen LogP contribution is 2.02. The minimum atomic E-state index is 0.768. The van der Waals surface area contributed by atoms with Gasteiger partial charge in [-0.1, -0.05) is 13.0 Å². The van der Waals surface area contributed by atoms with Gasteiger partial charge in [0.1, 0.15) is 5.82 Å². The van der Waals surface area contributed by atoms with Gasteiger partial charge in [-0.3, -0.25) is 0 Å². The van der Waals surface area contributed by atoms with E-state index >= 15 is 0 Å². The summed E-state index contributed by atoms with van der Waals surface area (Å²) in [5, 5.41) is 3.30. The lowest BCUT2D eigenvalue weighted by molar-refractivity contribution is 0.199. The normalized spacial score (nSPS) is 11.4. The van der Waals surface area contributed by atoms with Gasteiger partial charge >= 0.3 is 0 Å². The van der Waals surface area contributed by atoms with Crippen LogP contribution in [-0.2, 0) is 11.3 Å². The van der Waals surface area contributed by atoms with Crippen molar-refractivity contribution in [2.75, 3.05) is 26.8 Å². The second-order valence-electron chi connectivity index (χ2n) is 3.91. The molecule has 0 aliphatic carbocycles. The number of rotatable bonds is 9. The summed E-state index contributed by atoms with van der Waals surface area (Å²) in [5.74, 6) is 1.05. The summed E-state index contributed by atoms with van der Waals surface area (Å²) in [6, 6.07) is 0. The Labute approximate surface area is 104 Å². The standard InChI is InChI=1S/C13H23N3O/c1-3-10-16-11-8-15-13(16)6-4-5-7-14-9-12-17-2/h4,6,8,11,14H,3,5,7,9-10,12H2,1-2H3. The van der Waals surface area contributed by atoms with Crippen LogP contribution in [0.25, 0.3) is 6.08 Å². The van der Waals surface area contributed by atoms with Crippen LogP contribution in [0.2, 0.25) is 0 Å². The smallest absolute Gasteiger partial charge is 0.132 e. The number of imidazole rings is 1. The quantitative estimate of drug-likeness (QED) is 0.667. The molecule has 1 N–H and O–H groups in total. The zero-order valence-electron chi connectivity index (χ0n) is 10.9. The van der Waals surface area contributed by atoms with Gasteiger partial charge in [0.15, 0.2) is 0 Å². The highest BCUT2D eigenvalue weighted by atomic mass is 16.5. The fourth-order valence-electron chi connectivity index (χ4n) is 1.58. The Kier molecular flexibility index (Phi) is 7.34. The molecule has 0 aromatic carbocycles. The van der Waals surface area contributed by atoms with E-state index in [9.17, 15) is 0 Å². The maximum absolute atomic E-state index is 4.96. The van der Waals surface area contributed by atoms with Crippen LogP contribution in [0.3, 0.4) is 0 Å². The lowest BCUT2D eigenvalue weighted by Gasteiger charge is -2.02. The molecule has 1 rings (SSSR count). The molecule has 0 aliphatic rings. The predicted molar refractivity (Wildman–Crippen MR) is 70.9 cm³/mol. The van der Waals surface area contributed by atoms with Crippen LogP contribution in [-0.4, -0.2) is 36.4 Å². The number of ether oxygens (including phenoxy) is 1. The van der Waals surface area contributed by atoms with E-state index in [1.165, 1.54) is 0 Å². The average molecular weight is 237 g/mol. The fraction of sp³-hybridized carbons (Fsp3) is 0.615. The van der Waals surface area contributed by atoms with Gasteiger partial charge in [0, 0.05) is 32.6 Å². The summed E-state index contributed by atoms with van der Waals surface area (Å²) < 4.78 is 7.13. The molecule has 0 saturated carbocycles. The molecule has 1 aromatic rings. The number of aryl methyl sites for hydroxylation is 1. The summed E-state index contributed by atoms with van der Waals surface area (Å²) in [4.78, 5) is 4.32. The molecule has 0 bridgehead atoms. The van der Waals surface area contributed by atoms with Crippen LogP contribution in [0, 0.1) is 0 Å². The third-order valence-electron chi connectivity index (χ3n) is 2.45. The minimum absolute atomic E-state index is 0.768. The van der Waals surface area contributed by atoms with E-state index in [4.69, 9.17) is 4.74 Å². The molecule has 0 atom stereocenters. The minimum Gasteiger partial charge on any atom is -0.383 e. The molecule has 1 heterocycles. The van der Waals surface area contributed by atoms with Crippen LogP contribution in [0.5, 0.6) is 0 Å². The van der Waals surface area contributed by atoms with Gasteiger partial charge < -0.3 is 14.6 Å². The molecule has 0 radical (unpaired) electrons. The zero-order chi connectivity index (χ0) is 12.3. The van der Waals surface area contributed by atoms with Crippen molar-refractivity contribution in [2.45, 2.75) is 26.3 Å². The lowest BCUT2D eigenvalue weighted by Crippen LogP contribution is -2.19. The van der Waals surface area contributed by atoms with Crippen molar-refractivity contribution in [1.29, 1.82) is 0 Å². The Morgan fingerprint density at radius 3 is 3.12 bits per heavy atom. The van der Waals surface area contributed by atoms with Crippen LogP contribution < -0.4 is 5.32 Å². The molecule has 1 aromatic heterocycles. The van der Waals surface area contributed by atoms with E-state index < -0.39 is 0 Å². The van der Waals surface area contributed by atoms with Gasteiger partial charge in [0.05, 0.1) is 6.61 Å². The second kappa shape index (κ2) is 8.96. The first kappa shape index (κ1) is 13.9. The Morgan fingerprint density at radius 2 is 2.35 bits per heavy atom. The van der Waals surface area contributed by atoms with Gasteiger partial charge in [-0.2, -0.15) is 0 Å². The molecule has 4 nitrogen and oxygen atoms in total. The molecular weight excluding hydrogens is 214 g/mol. The van der Waals surface area contributed by atoms with Crippen molar-refractivity contribution >= 4 is 6.08 Å². The van der Waals surface area contributed by atoms with Gasteiger partial charge in [-0.05, 0) is 25.5 Å². The van der Waals surface area contributed by atoms with Gasteiger partial charge in [0.25, 0.3) is 0 Å². The van der Waals surface area contributed by atoms with Crippen molar-refractivity contribution in [3.63, 3.8) is 0 Å². The first-order valence-electron chi connectivity index (χ1n) is 6.25. The Hall–Kier alpha value is -1.13. The van der Waals surface area contributed by atoms with E-state index in [2.05, 4.69) is 33.9 Å². The summed E-state index contributed by atoms with van der Waals surface area (Å²) in [6.45, 7) is 5.87. The summed E-state index contributed by atoms with van der Waals surface area (Å²) in [7, 11) is 1.72. The average Bonchev–Trinajstić information content (AvgIpc) is 2.76. The van der Waals surface area contributed by atoms with E-state index in [0.29, 0.717) is 0 Å². The Morgan fingerprint density at radius 1 is 1.47 bits per heavy atom. The Balaban J connectivity index is 2.21. The maximum atomic E-state index is 4.96. The largest absolute Gasteiger partial charge is 0.383 e. The van der Waals surface area contributed by atoms with E-state index in [-0.39, 0.29) is 0 Å². The monoisotopic (exact) mass is 237 g/mol. The molecule has 0 aliphatic heterocycles. The number of nitrogens with zero attached hydrogens (tertiary/aromatic N) is 2. The number of methoxy groups -OCH3 is 1. The summed E-state index contributed by atoms with van der Waals surface area (Å²) >= 11 is 0. The number of nitrogens with one attached hydrogen (secondary N) is 1. The van der Waals surface area contributed by atoms with Crippen molar-refractivity contribution in [2.24, 2.45) is 0 Å². The molecule has 0 amide bonds. The van der Waals surface area contributed by atoms with Crippen LogP contribution in [0.4, 0.5) is 0 Å². The van der Waals surface area contributed by atoms with E-state index in [1.807, 2.05) is 12.4 Å². The topological polar surface area (TPSA) is 39.1 Å². The summed E-state index contributed by atoms with van der Waals surface area (Å²) in [5.41, 5.74) is 0. The van der Waals surface area contributed by atoms with Crippen LogP contribution >= 0.6 is 0 Å². The summed E-state index contributed by atoms with van der Waals surface area (Å²) in [6.07, 6.45) is 10.3. The number of hydrogen-bond acceptors (Lipinski definition) is 3. The first-order chi connectivity index (χ1) is 8.38. The molecule has 17 heavy (non-hydrogen) atoms. The third-order valence-corrected chi connectivity index (χ3v) is 2.45. The fourth-order valence-corrected chi connectivity index (χ4v) is 1.58. The zero-order valence-corrected chi connectivity index (χ0v) is 10.9. The molecule has 0 fully saturated rings. The Bertz CT molecular complexity index is 320. The SMILES string of the molecule is CCCn1ccnc1C=CCCNCCOC. The van der Waals surface area contributed by atoms with Gasteiger partial charge in [-0.15, -0.1) is 0 Å². The number of aromatic nitrogens is 2. The van der Waals surface area contributed by atoms with Crippen molar-refractivity contribution in [3.05, 3.63) is 24.3 Å². The molecular formula is C13H23N3O. The second-order valence-corrected chi connectivity index (χ2v) is 3.91. The van der Waals surface area contributed by atoms with Gasteiger partial charge in [0.2, 0.25) is 0 Å². The van der Waals surface area contributed by atoms with Crippen LogP contribution in [0.15, 0.2) is 18.5 Å². The number of hydrogen-bond donors (Lipinski definition) is 1. The molecule has 96 valence electrons. The van der Waals surface area contributed by atoms with Crippen molar-refractivity contribution in [1.82, 2.24) is 14.9 Å². The molecule has 0 saturated heterocycles. The first-order valence-corrected chi connectivity index (χ1v) is 6.25. The highest BCUT2D eigenvalue weighted by molar-refractivity contribution is 5.40. The molecule has 0 spiro atoms. The lowest BCUT2D eigenvalue weighted by atomic mass is 10.3. The van der Waals surface area contributed by atoms with E-state index in [0.717, 1.165) is 44.9 Å². The molecule has 4 heteroatoms. The van der Waals surface area contributed by atoms with Gasteiger partial charge in [-0.25, -0.2) is 4.98 Å². The van der Waals surface area contributed by atoms with Crippen LogP contribution in [0.1, 0.15) is 25.6 Å². The van der Waals surface area contributed by atoms with Crippen molar-refractivity contribution < 1.29 is 4.74 Å².